The highest BCUT2D eigenvalue weighted by Gasteiger charge is 2.31. The van der Waals surface area contributed by atoms with Gasteiger partial charge in [0.05, 0.1) is 51.0 Å². The van der Waals surface area contributed by atoms with Gasteiger partial charge in [-0.1, -0.05) is 17.7 Å². The van der Waals surface area contributed by atoms with Crippen molar-refractivity contribution in [3.8, 4) is 23.0 Å². The van der Waals surface area contributed by atoms with Crippen molar-refractivity contribution in [2.75, 3.05) is 45.6 Å². The molecule has 7 heteroatoms. The predicted molar refractivity (Wildman–Crippen MR) is 135 cm³/mol. The van der Waals surface area contributed by atoms with Crippen LogP contribution in [0.3, 0.4) is 0 Å². The maximum absolute atomic E-state index is 13.5. The molecule has 180 valence electrons. The highest BCUT2D eigenvalue weighted by molar-refractivity contribution is 7.85. The van der Waals surface area contributed by atoms with Crippen molar-refractivity contribution in [2.45, 2.75) is 24.3 Å². The van der Waals surface area contributed by atoms with Crippen molar-refractivity contribution in [2.24, 2.45) is 0 Å². The monoisotopic (exact) mass is 481 g/mol. The van der Waals surface area contributed by atoms with Gasteiger partial charge in [-0.15, -0.1) is 0 Å². The Hall–Kier alpha value is -3.19. The minimum absolute atomic E-state index is 0.121. The second kappa shape index (κ2) is 10.4. The third-order valence-electron chi connectivity index (χ3n) is 6.29. The fraction of sp³-hybridized carbons (Fsp3) is 0.333. The van der Waals surface area contributed by atoms with Crippen LogP contribution in [0.25, 0.3) is 0 Å². The van der Waals surface area contributed by atoms with Crippen molar-refractivity contribution in [3.05, 3.63) is 71.3 Å². The Balaban J connectivity index is 1.78. The zero-order valence-electron chi connectivity index (χ0n) is 20.3. The van der Waals surface area contributed by atoms with E-state index in [2.05, 4.69) is 4.90 Å². The van der Waals surface area contributed by atoms with Gasteiger partial charge >= 0.3 is 0 Å². The lowest BCUT2D eigenvalue weighted by molar-refractivity contribution is 0.353. The van der Waals surface area contributed by atoms with Crippen molar-refractivity contribution in [3.63, 3.8) is 0 Å². The number of anilines is 1. The number of hydrogen-bond acceptors (Lipinski definition) is 6. The molecule has 0 bridgehead atoms. The predicted octanol–water partition coefficient (Wildman–Crippen LogP) is 4.94. The number of ether oxygens (including phenoxy) is 4. The van der Waals surface area contributed by atoms with Crippen LogP contribution < -0.4 is 23.8 Å². The lowest BCUT2D eigenvalue weighted by atomic mass is 9.92. The fourth-order valence-electron chi connectivity index (χ4n) is 4.45. The first-order valence-electron chi connectivity index (χ1n) is 11.2. The van der Waals surface area contributed by atoms with Crippen molar-refractivity contribution in [1.82, 2.24) is 0 Å². The van der Waals surface area contributed by atoms with Gasteiger partial charge in [-0.25, -0.2) is 0 Å². The van der Waals surface area contributed by atoms with Crippen LogP contribution in [0.2, 0.25) is 0 Å². The van der Waals surface area contributed by atoms with Crippen LogP contribution in [0.4, 0.5) is 5.69 Å². The van der Waals surface area contributed by atoms with E-state index in [1.165, 1.54) is 5.56 Å². The van der Waals surface area contributed by atoms with E-state index in [0.717, 1.165) is 34.7 Å². The van der Waals surface area contributed by atoms with Crippen LogP contribution in [0.15, 0.2) is 59.5 Å². The number of fused-ring (bicyclic) bond motifs is 1. The lowest BCUT2D eigenvalue weighted by Crippen LogP contribution is -2.38. The minimum atomic E-state index is -1.19. The second-order valence-corrected chi connectivity index (χ2v) is 9.73. The molecular weight excluding hydrogens is 450 g/mol. The van der Waals surface area contributed by atoms with Gasteiger partial charge in [0, 0.05) is 23.2 Å². The molecule has 0 spiro atoms. The number of methoxy groups -OCH3 is 4. The standard InChI is InChI=1S/C27H31NO5S/c1-18-6-9-21(10-7-18)34(29)17-23-22-16-27(33-5)25(31-3)14-19(22)12-13-28(23)20-8-11-24(30-2)26(15-20)32-4/h6-11,14-16,23H,12-13,17H2,1-5H3/t23-,34-/m1/s1. The summed E-state index contributed by atoms with van der Waals surface area (Å²) < 4.78 is 35.6. The molecule has 34 heavy (non-hydrogen) atoms. The zero-order chi connectivity index (χ0) is 24.2. The Bertz CT molecular complexity index is 1180. The molecule has 1 aliphatic heterocycles. The van der Waals surface area contributed by atoms with E-state index in [1.54, 1.807) is 28.4 Å². The SMILES string of the molecule is COc1ccc(N2CCc3cc(OC)c(OC)cc3[C@H]2C[S@@](=O)c2ccc(C)cc2)cc1OC. The molecule has 0 saturated heterocycles. The van der Waals surface area contributed by atoms with E-state index in [-0.39, 0.29) is 6.04 Å². The Morgan fingerprint density at radius 3 is 2.09 bits per heavy atom. The van der Waals surface area contributed by atoms with Gasteiger partial charge in [-0.05, 0) is 60.9 Å². The maximum Gasteiger partial charge on any atom is 0.162 e. The Labute approximate surface area is 203 Å². The van der Waals surface area contributed by atoms with E-state index >= 15 is 0 Å². The smallest absolute Gasteiger partial charge is 0.162 e. The average molecular weight is 482 g/mol. The topological polar surface area (TPSA) is 57.2 Å². The summed E-state index contributed by atoms with van der Waals surface area (Å²) >= 11 is 0. The number of aryl methyl sites for hydroxylation is 1. The quantitative estimate of drug-likeness (QED) is 0.454. The van der Waals surface area contributed by atoms with E-state index in [4.69, 9.17) is 18.9 Å². The van der Waals surface area contributed by atoms with E-state index in [1.807, 2.05) is 61.5 Å². The van der Waals surface area contributed by atoms with Gasteiger partial charge in [0.1, 0.15) is 0 Å². The summed E-state index contributed by atoms with van der Waals surface area (Å²) in [4.78, 5) is 3.12. The summed E-state index contributed by atoms with van der Waals surface area (Å²) in [5.74, 6) is 3.16. The fourth-order valence-corrected chi connectivity index (χ4v) is 5.73. The summed E-state index contributed by atoms with van der Waals surface area (Å²) in [6.07, 6.45) is 0.831. The summed E-state index contributed by atoms with van der Waals surface area (Å²) in [5, 5.41) is 0. The number of rotatable bonds is 8. The van der Waals surface area contributed by atoms with Crippen LogP contribution in [-0.2, 0) is 17.2 Å². The molecule has 0 unspecified atom stereocenters. The first-order chi connectivity index (χ1) is 16.5. The third-order valence-corrected chi connectivity index (χ3v) is 7.71. The summed E-state index contributed by atoms with van der Waals surface area (Å²) in [7, 11) is 5.35. The molecule has 1 aliphatic rings. The number of nitrogens with zero attached hydrogens (tertiary/aromatic N) is 1. The summed E-state index contributed by atoms with van der Waals surface area (Å²) in [5.41, 5.74) is 4.41. The Kier molecular flexibility index (Phi) is 7.32. The molecule has 3 aromatic carbocycles. The molecular formula is C27H31NO5S. The molecule has 0 aromatic heterocycles. The van der Waals surface area contributed by atoms with Gasteiger partial charge in [0.25, 0.3) is 0 Å². The molecule has 3 aromatic rings. The largest absolute Gasteiger partial charge is 0.493 e. The van der Waals surface area contributed by atoms with Crippen LogP contribution in [-0.4, -0.2) is 44.9 Å². The maximum atomic E-state index is 13.5. The molecule has 0 aliphatic carbocycles. The summed E-state index contributed by atoms with van der Waals surface area (Å²) in [6.45, 7) is 2.80. The Morgan fingerprint density at radius 1 is 0.824 bits per heavy atom. The normalized spacial score (nSPS) is 15.9. The molecule has 1 heterocycles. The molecule has 0 radical (unpaired) electrons. The molecule has 4 rings (SSSR count). The first-order valence-corrected chi connectivity index (χ1v) is 12.5. The number of benzene rings is 3. The van der Waals surface area contributed by atoms with E-state index < -0.39 is 10.8 Å². The van der Waals surface area contributed by atoms with Crippen molar-refractivity contribution < 1.29 is 23.2 Å². The molecule has 0 fully saturated rings. The number of hydrogen-bond donors (Lipinski definition) is 0. The van der Waals surface area contributed by atoms with E-state index in [0.29, 0.717) is 28.8 Å². The van der Waals surface area contributed by atoms with Crippen molar-refractivity contribution in [1.29, 1.82) is 0 Å². The molecule has 6 nitrogen and oxygen atoms in total. The molecule has 0 amide bonds. The minimum Gasteiger partial charge on any atom is -0.493 e. The van der Waals surface area contributed by atoms with Crippen LogP contribution in [0.1, 0.15) is 22.7 Å². The van der Waals surface area contributed by atoms with E-state index in [9.17, 15) is 4.21 Å². The average Bonchev–Trinajstić information content (AvgIpc) is 2.87. The third kappa shape index (κ3) is 4.71. The van der Waals surface area contributed by atoms with Crippen molar-refractivity contribution >= 4 is 16.5 Å². The zero-order valence-corrected chi connectivity index (χ0v) is 21.1. The molecule has 2 atom stereocenters. The Morgan fingerprint density at radius 2 is 1.44 bits per heavy atom. The van der Waals surface area contributed by atoms with Gasteiger partial charge in [-0.3, -0.25) is 4.21 Å². The van der Waals surface area contributed by atoms with Gasteiger partial charge < -0.3 is 23.8 Å². The van der Waals surface area contributed by atoms with Crippen LogP contribution in [0.5, 0.6) is 23.0 Å². The van der Waals surface area contributed by atoms with Gasteiger partial charge in [0.15, 0.2) is 23.0 Å². The van der Waals surface area contributed by atoms with Crippen LogP contribution >= 0.6 is 0 Å². The van der Waals surface area contributed by atoms with Gasteiger partial charge in [0.2, 0.25) is 0 Å². The second-order valence-electron chi connectivity index (χ2n) is 8.23. The molecule has 0 N–H and O–H groups in total. The molecule has 0 saturated carbocycles. The lowest BCUT2D eigenvalue weighted by Gasteiger charge is -2.39. The van der Waals surface area contributed by atoms with Crippen LogP contribution in [0, 0.1) is 6.92 Å². The first kappa shape index (κ1) is 24.0. The highest BCUT2D eigenvalue weighted by atomic mass is 32.2. The van der Waals surface area contributed by atoms with Gasteiger partial charge in [-0.2, -0.15) is 0 Å². The summed E-state index contributed by atoms with van der Waals surface area (Å²) in [6, 6.07) is 17.8. The highest BCUT2D eigenvalue weighted by Crippen LogP contribution is 2.42.